The molecule has 0 saturated carbocycles. The molecule has 0 radical (unpaired) electrons. The summed E-state index contributed by atoms with van der Waals surface area (Å²) in [6.07, 6.45) is 0.758. The Morgan fingerprint density at radius 2 is 1.48 bits per heavy atom. The van der Waals surface area contributed by atoms with E-state index in [-0.39, 0.29) is 60.8 Å². The quantitative estimate of drug-likeness (QED) is 0.663. The molecule has 0 rings (SSSR count). The molecule has 0 aromatic rings. The van der Waals surface area contributed by atoms with Crippen molar-refractivity contribution in [2.75, 3.05) is 33.0 Å². The third-order valence-electron chi connectivity index (χ3n) is 2.34. The lowest BCUT2D eigenvalue weighted by Crippen LogP contribution is -2.47. The first kappa shape index (κ1) is 37.9. The van der Waals surface area contributed by atoms with Gasteiger partial charge in [0.05, 0.1) is 13.2 Å². The fraction of sp³-hybridized carbons (Fsp3) is 0.882. The van der Waals surface area contributed by atoms with Crippen LogP contribution in [0, 0.1) is 0 Å². The molecular formula is C17H43NO5. The number of nitrogens with zero attached hydrogens (tertiary/aromatic N) is 1. The van der Waals surface area contributed by atoms with Gasteiger partial charge in [-0.05, 0) is 27.2 Å². The average Bonchev–Trinajstić information content (AvgIpc) is 2.34. The van der Waals surface area contributed by atoms with Gasteiger partial charge in [-0.3, -0.25) is 4.79 Å². The van der Waals surface area contributed by atoms with Crippen LogP contribution in [0.2, 0.25) is 0 Å². The van der Waals surface area contributed by atoms with E-state index >= 15 is 0 Å². The number of carbonyl (C=O) groups excluding carboxylic acids is 2. The summed E-state index contributed by atoms with van der Waals surface area (Å²) in [4.78, 5) is 21.5. The number of carbonyl (C=O) groups is 2. The Kier molecular flexibility index (Phi) is 38.4. The number of hydrogen-bond acceptors (Lipinski definition) is 5. The summed E-state index contributed by atoms with van der Waals surface area (Å²) in [5.74, 6) is -0.0641. The monoisotopic (exact) mass is 341 g/mol. The second kappa shape index (κ2) is 23.3. The van der Waals surface area contributed by atoms with Crippen LogP contribution in [-0.4, -0.2) is 66.3 Å². The zero-order valence-corrected chi connectivity index (χ0v) is 12.2. The predicted molar refractivity (Wildman–Crippen MR) is 99.7 cm³/mol. The van der Waals surface area contributed by atoms with Gasteiger partial charge in [0, 0.05) is 31.7 Å². The van der Waals surface area contributed by atoms with Crippen LogP contribution in [0.4, 0.5) is 0 Å². The lowest BCUT2D eigenvalue weighted by atomic mass is 10.1. The first-order chi connectivity index (χ1) is 8.93. The van der Waals surface area contributed by atoms with Crippen LogP contribution in [0.3, 0.4) is 0 Å². The van der Waals surface area contributed by atoms with E-state index in [1.54, 1.807) is 4.90 Å². The molecule has 0 atom stereocenters. The summed E-state index contributed by atoms with van der Waals surface area (Å²) in [5.41, 5.74) is -0.271. The van der Waals surface area contributed by atoms with E-state index in [2.05, 4.69) is 0 Å². The van der Waals surface area contributed by atoms with Crippen molar-refractivity contribution in [3.63, 3.8) is 0 Å². The molecule has 2 N–H and O–H groups in total. The van der Waals surface area contributed by atoms with Gasteiger partial charge in [0.25, 0.3) is 0 Å². The van der Waals surface area contributed by atoms with Crippen molar-refractivity contribution in [1.29, 1.82) is 0 Å². The Labute approximate surface area is 144 Å². The van der Waals surface area contributed by atoms with Crippen LogP contribution in [0.1, 0.15) is 63.3 Å². The molecule has 0 aromatic carbocycles. The highest BCUT2D eigenvalue weighted by Gasteiger charge is 2.25. The summed E-state index contributed by atoms with van der Waals surface area (Å²) in [5, 5.41) is 17.4. The molecule has 0 bridgehead atoms. The van der Waals surface area contributed by atoms with Crippen molar-refractivity contribution in [2.45, 2.75) is 68.9 Å². The van der Waals surface area contributed by atoms with E-state index in [9.17, 15) is 4.79 Å². The second-order valence-electron chi connectivity index (χ2n) is 4.88. The summed E-state index contributed by atoms with van der Waals surface area (Å²) in [7, 11) is 0. The van der Waals surface area contributed by atoms with E-state index in [0.29, 0.717) is 26.2 Å². The van der Waals surface area contributed by atoms with Crippen molar-refractivity contribution < 1.29 is 24.5 Å². The Morgan fingerprint density at radius 1 is 1.00 bits per heavy atom. The van der Waals surface area contributed by atoms with Gasteiger partial charge in [-0.25, -0.2) is 0 Å². The van der Waals surface area contributed by atoms with Crippen LogP contribution in [0.15, 0.2) is 0 Å². The highest BCUT2D eigenvalue weighted by atomic mass is 16.5. The van der Waals surface area contributed by atoms with Gasteiger partial charge in [-0.2, -0.15) is 0 Å². The minimum Gasteiger partial charge on any atom is -0.396 e. The molecule has 0 spiro atoms. The highest BCUT2D eigenvalue weighted by molar-refractivity contribution is 5.77. The molecule has 146 valence electrons. The van der Waals surface area contributed by atoms with Gasteiger partial charge in [0.15, 0.2) is 0 Å². The topological polar surface area (TPSA) is 87.1 Å². The van der Waals surface area contributed by atoms with E-state index in [4.69, 9.17) is 19.7 Å². The van der Waals surface area contributed by atoms with Crippen LogP contribution >= 0.6 is 0 Å². The standard InChI is InChI=1S/C12H25NO4.CH2O.4CH4/c1-12(2,3)13(11(16)5-8-15)6-10-17-9-4-7-14;1-2;;;;/h14-15H,4-10H2,1-3H3;1H2;4*1H4. The van der Waals surface area contributed by atoms with Gasteiger partial charge >= 0.3 is 0 Å². The maximum absolute atomic E-state index is 11.8. The Morgan fingerprint density at radius 3 is 1.83 bits per heavy atom. The highest BCUT2D eigenvalue weighted by Crippen LogP contribution is 2.14. The number of hydrogen-bond donors (Lipinski definition) is 2. The van der Waals surface area contributed by atoms with Crippen molar-refractivity contribution >= 4 is 12.7 Å². The molecule has 0 aliphatic rings. The molecule has 0 aliphatic heterocycles. The largest absolute Gasteiger partial charge is 0.396 e. The molecular weight excluding hydrogens is 298 g/mol. The lowest BCUT2D eigenvalue weighted by molar-refractivity contribution is -0.137. The molecule has 0 aromatic heterocycles. The average molecular weight is 342 g/mol. The molecule has 0 fully saturated rings. The van der Waals surface area contributed by atoms with Crippen LogP contribution in [-0.2, 0) is 14.3 Å². The number of rotatable bonds is 8. The van der Waals surface area contributed by atoms with Crippen molar-refractivity contribution in [2.24, 2.45) is 0 Å². The molecule has 23 heavy (non-hydrogen) atoms. The molecule has 0 heterocycles. The van der Waals surface area contributed by atoms with Gasteiger partial charge in [-0.15, -0.1) is 0 Å². The van der Waals surface area contributed by atoms with Crippen molar-refractivity contribution in [3.05, 3.63) is 0 Å². The van der Waals surface area contributed by atoms with Gasteiger partial charge < -0.3 is 24.6 Å². The molecule has 0 saturated heterocycles. The fourth-order valence-corrected chi connectivity index (χ4v) is 1.49. The predicted octanol–water partition coefficient (Wildman–Crippen LogP) is 2.75. The van der Waals surface area contributed by atoms with Crippen molar-refractivity contribution in [3.8, 4) is 0 Å². The first-order valence-electron chi connectivity index (χ1n) is 6.32. The third kappa shape index (κ3) is 21.0. The number of aliphatic hydroxyl groups excluding tert-OH is 2. The summed E-state index contributed by atoms with van der Waals surface area (Å²) in [6, 6.07) is 0. The maximum Gasteiger partial charge on any atom is 0.225 e. The minimum absolute atomic E-state index is 0. The van der Waals surface area contributed by atoms with Crippen LogP contribution < -0.4 is 0 Å². The minimum atomic E-state index is -0.271. The lowest BCUT2D eigenvalue weighted by Gasteiger charge is -2.35. The molecule has 1 amide bonds. The smallest absolute Gasteiger partial charge is 0.225 e. The maximum atomic E-state index is 11.8. The number of aliphatic hydroxyl groups is 2. The number of ether oxygens (including phenoxy) is 1. The zero-order valence-electron chi connectivity index (χ0n) is 12.2. The Balaban J connectivity index is -0.000000115. The molecule has 6 heteroatoms. The molecule has 0 aliphatic carbocycles. The van der Waals surface area contributed by atoms with Crippen LogP contribution in [0.25, 0.3) is 0 Å². The van der Waals surface area contributed by atoms with Crippen LogP contribution in [0.5, 0.6) is 0 Å². The summed E-state index contributed by atoms with van der Waals surface area (Å²) < 4.78 is 5.31. The van der Waals surface area contributed by atoms with E-state index < -0.39 is 0 Å². The van der Waals surface area contributed by atoms with Gasteiger partial charge in [0.2, 0.25) is 5.91 Å². The second-order valence-corrected chi connectivity index (χ2v) is 4.88. The van der Waals surface area contributed by atoms with Crippen molar-refractivity contribution in [1.82, 2.24) is 4.90 Å². The third-order valence-corrected chi connectivity index (χ3v) is 2.34. The Bertz CT molecular complexity index is 230. The summed E-state index contributed by atoms with van der Waals surface area (Å²) in [6.45, 7) is 9.32. The van der Waals surface area contributed by atoms with Gasteiger partial charge in [-0.1, -0.05) is 29.7 Å². The number of amides is 1. The first-order valence-corrected chi connectivity index (χ1v) is 6.32. The zero-order chi connectivity index (χ0) is 15.3. The molecule has 0 unspecified atom stereocenters. The normalized spacial score (nSPS) is 8.74. The van der Waals surface area contributed by atoms with E-state index in [1.165, 1.54) is 0 Å². The molecule has 6 nitrogen and oxygen atoms in total. The fourth-order valence-electron chi connectivity index (χ4n) is 1.49. The van der Waals surface area contributed by atoms with Gasteiger partial charge in [0.1, 0.15) is 6.79 Å². The van der Waals surface area contributed by atoms with E-state index in [0.717, 1.165) is 0 Å². The Hall–Kier alpha value is -0.980. The van der Waals surface area contributed by atoms with E-state index in [1.807, 2.05) is 27.6 Å². The SMILES string of the molecule is C.C.C.C.C=O.CC(C)(C)N(CCOCCCO)C(=O)CCO. The summed E-state index contributed by atoms with van der Waals surface area (Å²) >= 11 is 0.